The third-order valence-corrected chi connectivity index (χ3v) is 6.91. The van der Waals surface area contributed by atoms with E-state index in [4.69, 9.17) is 26.0 Å². The highest BCUT2D eigenvalue weighted by molar-refractivity contribution is 6.09. The molecule has 0 aliphatic carbocycles. The number of rotatable bonds is 4. The van der Waals surface area contributed by atoms with E-state index in [0.717, 1.165) is 9.13 Å². The molecule has 0 radical (unpaired) electrons. The van der Waals surface area contributed by atoms with E-state index < -0.39 is 189 Å². The van der Waals surface area contributed by atoms with Crippen LogP contribution < -0.4 is 0 Å². The third kappa shape index (κ3) is 3.69. The van der Waals surface area contributed by atoms with Crippen molar-refractivity contribution in [3.8, 4) is 34.2 Å². The van der Waals surface area contributed by atoms with Crippen molar-refractivity contribution in [3.05, 3.63) is 151 Å². The summed E-state index contributed by atoms with van der Waals surface area (Å²) in [6, 6.07) is -15.0. The first-order valence-corrected chi connectivity index (χ1v) is 12.9. The van der Waals surface area contributed by atoms with Gasteiger partial charge in [0, 0.05) is 33.5 Å². The maximum absolute atomic E-state index is 9.70. The molecule has 0 spiro atoms. The van der Waals surface area contributed by atoms with Crippen LogP contribution in [0.2, 0.25) is 0 Å². The Bertz CT molecular complexity index is 3640. The summed E-state index contributed by atoms with van der Waals surface area (Å²) >= 11 is 0. The molecule has 4 heterocycles. The summed E-state index contributed by atoms with van der Waals surface area (Å²) in [5.41, 5.74) is -4.99. The Morgan fingerprint density at radius 3 is 1.86 bits per heavy atom. The van der Waals surface area contributed by atoms with Crippen LogP contribution in [0.3, 0.4) is 0 Å². The summed E-state index contributed by atoms with van der Waals surface area (Å²) in [6.07, 6.45) is 1.33. The van der Waals surface area contributed by atoms with Gasteiger partial charge in [0.25, 0.3) is 0 Å². The lowest BCUT2D eigenvalue weighted by Gasteiger charge is -2.16. The molecule has 0 unspecified atom stereocenters. The van der Waals surface area contributed by atoms with Gasteiger partial charge in [-0.3, -0.25) is 9.55 Å². The van der Waals surface area contributed by atoms with E-state index in [9.17, 15) is 4.11 Å². The molecule has 0 aliphatic rings. The standard InChI is InChI=1S/C39H25N5/c1-2-13-26(14-3-1)31-25-32(42-39(41-31)44-33-19-8-4-15-27(33)28-16-5-9-20-34(28)44)29-17-6-10-21-35(29)43-36-22-11-7-18-30(36)38-37(43)23-12-24-40-38/h1-25H/i1D,2D,3D,4D,5D,6D,7D,8D,9D,10D,11D,13D,14D,15D,16D,17D,18D,19D,20D,21D,22D,25D. The maximum atomic E-state index is 9.70. The quantitative estimate of drug-likeness (QED) is 0.207. The van der Waals surface area contributed by atoms with E-state index in [0.29, 0.717) is 0 Å². The van der Waals surface area contributed by atoms with Gasteiger partial charge in [-0.25, -0.2) is 9.97 Å². The number of hydrogen-bond donors (Lipinski definition) is 0. The Morgan fingerprint density at radius 1 is 0.523 bits per heavy atom. The Labute approximate surface area is 284 Å². The minimum atomic E-state index is -0.936. The Balaban J connectivity index is 1.59. The minimum Gasteiger partial charge on any atom is -0.307 e. The highest BCUT2D eigenvalue weighted by atomic mass is 15.2. The van der Waals surface area contributed by atoms with Gasteiger partial charge in [-0.2, -0.15) is 0 Å². The summed E-state index contributed by atoms with van der Waals surface area (Å²) in [6.45, 7) is 0. The predicted molar refractivity (Wildman–Crippen MR) is 179 cm³/mol. The molecular weight excluding hydrogens is 538 g/mol. The molecule has 206 valence electrons. The second-order valence-corrected chi connectivity index (χ2v) is 9.28. The largest absolute Gasteiger partial charge is 0.307 e. The molecule has 0 N–H and O–H groups in total. The van der Waals surface area contributed by atoms with E-state index in [1.807, 2.05) is 0 Å². The summed E-state index contributed by atoms with van der Waals surface area (Å²) in [4.78, 5) is 13.4. The predicted octanol–water partition coefficient (Wildman–Crippen LogP) is 9.40. The first-order chi connectivity index (χ1) is 31.0. The molecule has 0 amide bonds. The van der Waals surface area contributed by atoms with Crippen molar-refractivity contribution < 1.29 is 30.2 Å². The van der Waals surface area contributed by atoms with Gasteiger partial charge in [0.1, 0.15) is 0 Å². The van der Waals surface area contributed by atoms with Gasteiger partial charge in [-0.15, -0.1) is 0 Å². The average molecular weight is 586 g/mol. The van der Waals surface area contributed by atoms with Gasteiger partial charge in [-0.05, 0) is 42.3 Å². The summed E-state index contributed by atoms with van der Waals surface area (Å²) in [5.74, 6) is -0.818. The van der Waals surface area contributed by atoms with Crippen LogP contribution >= 0.6 is 0 Å². The zero-order chi connectivity index (χ0) is 48.2. The lowest BCUT2D eigenvalue weighted by Crippen LogP contribution is -2.05. The van der Waals surface area contributed by atoms with Crippen molar-refractivity contribution >= 4 is 43.7 Å². The first-order valence-electron chi connectivity index (χ1n) is 23.9. The van der Waals surface area contributed by atoms with E-state index in [-0.39, 0.29) is 21.9 Å². The van der Waals surface area contributed by atoms with Crippen LogP contribution in [0.4, 0.5) is 0 Å². The van der Waals surface area contributed by atoms with Gasteiger partial charge in [0.05, 0.1) is 74.8 Å². The lowest BCUT2D eigenvalue weighted by molar-refractivity contribution is 0.994. The molecule has 44 heavy (non-hydrogen) atoms. The van der Waals surface area contributed by atoms with Gasteiger partial charge < -0.3 is 4.57 Å². The van der Waals surface area contributed by atoms with Crippen molar-refractivity contribution in [1.29, 1.82) is 0 Å². The molecule has 5 aromatic carbocycles. The highest BCUT2D eigenvalue weighted by Gasteiger charge is 2.20. The number of hydrogen-bond acceptors (Lipinski definition) is 3. The number of benzene rings is 5. The fourth-order valence-electron chi connectivity index (χ4n) is 5.13. The molecule has 4 aromatic heterocycles. The van der Waals surface area contributed by atoms with Gasteiger partial charge >= 0.3 is 0 Å². The molecule has 0 atom stereocenters. The molecule has 0 saturated heterocycles. The Morgan fingerprint density at radius 2 is 1.11 bits per heavy atom. The van der Waals surface area contributed by atoms with Crippen molar-refractivity contribution in [3.63, 3.8) is 0 Å². The molecule has 0 fully saturated rings. The second-order valence-electron chi connectivity index (χ2n) is 9.28. The smallest absolute Gasteiger partial charge is 0.235 e. The number of aromatic nitrogens is 5. The topological polar surface area (TPSA) is 48.5 Å². The van der Waals surface area contributed by atoms with Crippen LogP contribution in [0.25, 0.3) is 77.9 Å². The number of para-hydroxylation sites is 4. The van der Waals surface area contributed by atoms with E-state index in [1.54, 1.807) is 0 Å². The molecule has 9 rings (SSSR count). The van der Waals surface area contributed by atoms with Crippen molar-refractivity contribution in [2.75, 3.05) is 0 Å². The zero-order valence-corrected chi connectivity index (χ0v) is 22.0. The summed E-state index contributed by atoms with van der Waals surface area (Å²) in [7, 11) is 0. The fourth-order valence-corrected chi connectivity index (χ4v) is 5.13. The Hall–Kier alpha value is -6.07. The monoisotopic (exact) mass is 585 g/mol. The first kappa shape index (κ1) is 11.2. The number of pyridine rings is 1. The van der Waals surface area contributed by atoms with Crippen LogP contribution in [0, 0.1) is 0 Å². The van der Waals surface area contributed by atoms with Crippen molar-refractivity contribution in [1.82, 2.24) is 24.1 Å². The molecule has 9 aromatic rings. The van der Waals surface area contributed by atoms with Crippen LogP contribution in [0.1, 0.15) is 30.2 Å². The average Bonchev–Trinajstić information content (AvgIpc) is 3.84. The van der Waals surface area contributed by atoms with Crippen LogP contribution in [0.5, 0.6) is 0 Å². The molecule has 5 heteroatoms. The van der Waals surface area contributed by atoms with Gasteiger partial charge in [-0.1, -0.05) is 103 Å². The minimum absolute atomic E-state index is 0.00757. The van der Waals surface area contributed by atoms with Crippen LogP contribution in [-0.4, -0.2) is 24.1 Å². The maximum Gasteiger partial charge on any atom is 0.235 e. The Kier molecular flexibility index (Phi) is 2.48. The summed E-state index contributed by atoms with van der Waals surface area (Å²) in [5, 5.41) is -1.01. The normalized spacial score (nSPS) is 18.6. The van der Waals surface area contributed by atoms with E-state index in [2.05, 4.69) is 15.0 Å². The molecular formula is C39H25N5. The van der Waals surface area contributed by atoms with Crippen LogP contribution in [0.15, 0.2) is 151 Å². The zero-order valence-electron chi connectivity index (χ0n) is 44.0. The molecule has 0 aliphatic heterocycles. The van der Waals surface area contributed by atoms with Crippen LogP contribution in [-0.2, 0) is 0 Å². The van der Waals surface area contributed by atoms with Gasteiger partial charge in [0.15, 0.2) is 0 Å². The second kappa shape index (κ2) is 9.75. The van der Waals surface area contributed by atoms with E-state index in [1.165, 1.54) is 18.3 Å². The summed E-state index contributed by atoms with van der Waals surface area (Å²) < 4.78 is 196. The SMILES string of the molecule is [2H]c1c(-c2c([2H])c([2H])c([2H])c([2H])c2[2H])nc(-n2c3c([2H])c([2H])c([2H])c([2H])c3c3c([2H])c([2H])c([2H])c([2H])c32)nc1-c1c([2H])c([2H])c([2H])c([2H])c1-n1c2cccnc2c2c([2H])c([2H])c([2H])c([2H])c21. The molecule has 5 nitrogen and oxygen atoms in total. The third-order valence-electron chi connectivity index (χ3n) is 6.91. The van der Waals surface area contributed by atoms with Crippen molar-refractivity contribution in [2.24, 2.45) is 0 Å². The van der Waals surface area contributed by atoms with Gasteiger partial charge in [0.2, 0.25) is 5.95 Å². The fraction of sp³-hybridized carbons (Fsp3) is 0. The number of fused-ring (bicyclic) bond motifs is 6. The number of nitrogens with zero attached hydrogens (tertiary/aromatic N) is 5. The van der Waals surface area contributed by atoms with Crippen molar-refractivity contribution in [2.45, 2.75) is 0 Å². The molecule has 0 bridgehead atoms. The highest BCUT2D eigenvalue weighted by Crippen LogP contribution is 2.37. The lowest BCUT2D eigenvalue weighted by atomic mass is 10.1. The van der Waals surface area contributed by atoms with E-state index >= 15 is 0 Å². The molecule has 0 saturated carbocycles.